The molecule has 0 aliphatic rings. The van der Waals surface area contributed by atoms with Gasteiger partial charge in [0.2, 0.25) is 0 Å². The molecule has 0 spiro atoms. The van der Waals surface area contributed by atoms with Crippen LogP contribution in [0.3, 0.4) is 0 Å². The van der Waals surface area contributed by atoms with Crippen molar-refractivity contribution in [3.63, 3.8) is 0 Å². The third kappa shape index (κ3) is 3.82. The average Bonchev–Trinajstić information content (AvgIpc) is 2.53. The zero-order chi connectivity index (χ0) is 16.2. The fourth-order valence-electron chi connectivity index (χ4n) is 2.57. The van der Waals surface area contributed by atoms with Crippen LogP contribution in [0.4, 0.5) is 0 Å². The molecular weight excluding hydrogens is 356 g/mol. The zero-order valence-electron chi connectivity index (χ0n) is 12.8. The van der Waals surface area contributed by atoms with Gasteiger partial charge in [0.1, 0.15) is 17.9 Å². The molecule has 0 N–H and O–H groups in total. The molecule has 23 heavy (non-hydrogen) atoms. The SMILES string of the molecule is CCCc1cc(=O)oc2cc(OCc3cccc(Br)c3)ccc12. The van der Waals surface area contributed by atoms with Crippen molar-refractivity contribution in [3.05, 3.63) is 74.6 Å². The number of fused-ring (bicyclic) bond motifs is 1. The minimum Gasteiger partial charge on any atom is -0.489 e. The first-order valence-electron chi connectivity index (χ1n) is 7.60. The summed E-state index contributed by atoms with van der Waals surface area (Å²) in [5, 5.41) is 0.973. The summed E-state index contributed by atoms with van der Waals surface area (Å²) in [6.45, 7) is 2.56. The molecule has 1 aromatic heterocycles. The molecular formula is C19H17BrO3. The summed E-state index contributed by atoms with van der Waals surface area (Å²) in [6.07, 6.45) is 1.85. The molecule has 0 saturated heterocycles. The summed E-state index contributed by atoms with van der Waals surface area (Å²) in [6, 6.07) is 15.2. The lowest BCUT2D eigenvalue weighted by atomic mass is 10.1. The first kappa shape index (κ1) is 15.8. The van der Waals surface area contributed by atoms with Gasteiger partial charge >= 0.3 is 5.63 Å². The molecule has 0 atom stereocenters. The molecule has 3 rings (SSSR count). The van der Waals surface area contributed by atoms with Crippen LogP contribution in [0.15, 0.2) is 62.2 Å². The highest BCUT2D eigenvalue weighted by Gasteiger charge is 2.07. The van der Waals surface area contributed by atoms with Crippen LogP contribution in [-0.2, 0) is 13.0 Å². The molecule has 0 fully saturated rings. The summed E-state index contributed by atoms with van der Waals surface area (Å²) in [5.74, 6) is 0.689. The van der Waals surface area contributed by atoms with Crippen molar-refractivity contribution in [1.82, 2.24) is 0 Å². The van der Waals surface area contributed by atoms with E-state index in [1.165, 1.54) is 0 Å². The van der Waals surface area contributed by atoms with E-state index in [0.29, 0.717) is 17.9 Å². The van der Waals surface area contributed by atoms with Gasteiger partial charge in [-0.05, 0) is 41.8 Å². The Labute approximate surface area is 143 Å². The molecule has 1 heterocycles. The van der Waals surface area contributed by atoms with Crippen LogP contribution in [0.2, 0.25) is 0 Å². The second-order valence-corrected chi connectivity index (χ2v) is 6.33. The molecule has 0 bridgehead atoms. The van der Waals surface area contributed by atoms with Gasteiger partial charge in [0.25, 0.3) is 0 Å². The van der Waals surface area contributed by atoms with Crippen LogP contribution < -0.4 is 10.4 Å². The smallest absolute Gasteiger partial charge is 0.336 e. The zero-order valence-corrected chi connectivity index (χ0v) is 14.4. The van der Waals surface area contributed by atoms with Crippen molar-refractivity contribution in [3.8, 4) is 5.75 Å². The standard InChI is InChI=1S/C19H17BrO3/c1-2-4-14-10-19(21)23-18-11-16(7-8-17(14)18)22-12-13-5-3-6-15(20)9-13/h3,5-11H,2,4,12H2,1H3. The van der Waals surface area contributed by atoms with Crippen LogP contribution >= 0.6 is 15.9 Å². The van der Waals surface area contributed by atoms with E-state index in [4.69, 9.17) is 9.15 Å². The minimum atomic E-state index is -0.315. The normalized spacial score (nSPS) is 10.9. The van der Waals surface area contributed by atoms with Gasteiger partial charge in [-0.3, -0.25) is 0 Å². The predicted molar refractivity (Wildman–Crippen MR) is 95.0 cm³/mol. The first-order chi connectivity index (χ1) is 11.2. The van der Waals surface area contributed by atoms with Crippen LogP contribution in [0.25, 0.3) is 11.0 Å². The number of rotatable bonds is 5. The summed E-state index contributed by atoms with van der Waals surface area (Å²) in [5.41, 5.74) is 2.36. The Balaban J connectivity index is 1.86. The van der Waals surface area contributed by atoms with E-state index < -0.39 is 0 Å². The highest BCUT2D eigenvalue weighted by atomic mass is 79.9. The molecule has 4 heteroatoms. The third-order valence-corrected chi connectivity index (χ3v) is 4.11. The van der Waals surface area contributed by atoms with E-state index in [2.05, 4.69) is 22.9 Å². The number of hydrogen-bond donors (Lipinski definition) is 0. The van der Waals surface area contributed by atoms with Gasteiger partial charge in [-0.15, -0.1) is 0 Å². The highest BCUT2D eigenvalue weighted by molar-refractivity contribution is 9.10. The third-order valence-electron chi connectivity index (χ3n) is 3.62. The molecule has 0 unspecified atom stereocenters. The molecule has 0 amide bonds. The summed E-state index contributed by atoms with van der Waals surface area (Å²) >= 11 is 3.45. The Kier molecular flexibility index (Phi) is 4.82. The van der Waals surface area contributed by atoms with Gasteiger partial charge in [0.05, 0.1) is 0 Å². The second kappa shape index (κ2) is 7.01. The van der Waals surface area contributed by atoms with Crippen molar-refractivity contribution in [2.24, 2.45) is 0 Å². The fraction of sp³-hybridized carbons (Fsp3) is 0.211. The van der Waals surface area contributed by atoms with Gasteiger partial charge < -0.3 is 9.15 Å². The van der Waals surface area contributed by atoms with Gasteiger partial charge in [0, 0.05) is 22.0 Å². The van der Waals surface area contributed by atoms with Gasteiger partial charge in [0.15, 0.2) is 0 Å². The van der Waals surface area contributed by atoms with Crippen LogP contribution in [-0.4, -0.2) is 0 Å². The Hall–Kier alpha value is -2.07. The molecule has 0 aliphatic heterocycles. The minimum absolute atomic E-state index is 0.315. The molecule has 118 valence electrons. The number of aryl methyl sites for hydroxylation is 1. The monoisotopic (exact) mass is 372 g/mol. The lowest BCUT2D eigenvalue weighted by Crippen LogP contribution is -2.01. The lowest BCUT2D eigenvalue weighted by molar-refractivity contribution is 0.306. The van der Waals surface area contributed by atoms with E-state index in [1.807, 2.05) is 36.4 Å². The number of ether oxygens (including phenoxy) is 1. The van der Waals surface area contributed by atoms with E-state index in [-0.39, 0.29) is 5.63 Å². The summed E-state index contributed by atoms with van der Waals surface area (Å²) in [4.78, 5) is 11.7. The highest BCUT2D eigenvalue weighted by Crippen LogP contribution is 2.24. The molecule has 3 nitrogen and oxygen atoms in total. The number of benzene rings is 2. The average molecular weight is 373 g/mol. The van der Waals surface area contributed by atoms with Crippen LogP contribution in [0.5, 0.6) is 5.75 Å². The van der Waals surface area contributed by atoms with Crippen molar-refractivity contribution < 1.29 is 9.15 Å². The quantitative estimate of drug-likeness (QED) is 0.585. The number of halogens is 1. The molecule has 2 aromatic carbocycles. The maximum atomic E-state index is 11.7. The Morgan fingerprint density at radius 2 is 2.00 bits per heavy atom. The van der Waals surface area contributed by atoms with E-state index >= 15 is 0 Å². The fourth-order valence-corrected chi connectivity index (χ4v) is 3.02. The maximum Gasteiger partial charge on any atom is 0.336 e. The van der Waals surface area contributed by atoms with Gasteiger partial charge in [-0.2, -0.15) is 0 Å². The van der Waals surface area contributed by atoms with Crippen molar-refractivity contribution in [2.45, 2.75) is 26.4 Å². The van der Waals surface area contributed by atoms with Gasteiger partial charge in [-0.1, -0.05) is 41.4 Å². The molecule has 0 saturated carbocycles. The van der Waals surface area contributed by atoms with Crippen molar-refractivity contribution in [2.75, 3.05) is 0 Å². The predicted octanol–water partition coefficient (Wildman–Crippen LogP) is 5.09. The summed E-state index contributed by atoms with van der Waals surface area (Å²) in [7, 11) is 0. The lowest BCUT2D eigenvalue weighted by Gasteiger charge is -2.09. The van der Waals surface area contributed by atoms with E-state index in [1.54, 1.807) is 12.1 Å². The van der Waals surface area contributed by atoms with E-state index in [9.17, 15) is 4.79 Å². The molecule has 0 aliphatic carbocycles. The van der Waals surface area contributed by atoms with Crippen LogP contribution in [0.1, 0.15) is 24.5 Å². The topological polar surface area (TPSA) is 39.4 Å². The van der Waals surface area contributed by atoms with Crippen LogP contribution in [0, 0.1) is 0 Å². The Bertz CT molecular complexity index is 883. The van der Waals surface area contributed by atoms with E-state index in [0.717, 1.165) is 33.8 Å². The molecule has 0 radical (unpaired) electrons. The Morgan fingerprint density at radius 3 is 2.78 bits per heavy atom. The molecule has 3 aromatic rings. The van der Waals surface area contributed by atoms with Crippen molar-refractivity contribution >= 4 is 26.9 Å². The van der Waals surface area contributed by atoms with Crippen molar-refractivity contribution in [1.29, 1.82) is 0 Å². The largest absolute Gasteiger partial charge is 0.489 e. The number of hydrogen-bond acceptors (Lipinski definition) is 3. The second-order valence-electron chi connectivity index (χ2n) is 5.42. The Morgan fingerprint density at radius 1 is 1.13 bits per heavy atom. The maximum absolute atomic E-state index is 11.7. The first-order valence-corrected chi connectivity index (χ1v) is 8.39. The summed E-state index contributed by atoms with van der Waals surface area (Å²) < 4.78 is 12.2. The van der Waals surface area contributed by atoms with Gasteiger partial charge in [-0.25, -0.2) is 4.79 Å².